The predicted octanol–water partition coefficient (Wildman–Crippen LogP) is 3.65. The maximum absolute atomic E-state index is 6.42. The molecule has 3 aliphatic rings. The number of piperidine rings is 2. The molecular weight excluding hydrogens is 314 g/mol. The number of hydrogen-bond acceptors (Lipinski definition) is 4. The second-order valence-corrected chi connectivity index (χ2v) is 7.35. The molecule has 3 saturated heterocycles. The van der Waals surface area contributed by atoms with Gasteiger partial charge in [-0.25, -0.2) is 0 Å². The summed E-state index contributed by atoms with van der Waals surface area (Å²) in [5, 5.41) is 4.37. The lowest BCUT2D eigenvalue weighted by atomic mass is 9.85. The molecule has 3 atom stereocenters. The Morgan fingerprint density at radius 1 is 1.22 bits per heavy atom. The van der Waals surface area contributed by atoms with E-state index in [1.165, 1.54) is 19.3 Å². The third-order valence-corrected chi connectivity index (χ3v) is 5.35. The third-order valence-electron chi connectivity index (χ3n) is 5.05. The van der Waals surface area contributed by atoms with Crippen LogP contribution in [0.3, 0.4) is 0 Å². The van der Waals surface area contributed by atoms with Crippen LogP contribution in [0.2, 0.25) is 5.02 Å². The van der Waals surface area contributed by atoms with E-state index in [1.54, 1.807) is 0 Å². The fourth-order valence-electron chi connectivity index (χ4n) is 3.98. The van der Waals surface area contributed by atoms with Crippen LogP contribution in [0.25, 0.3) is 0 Å². The van der Waals surface area contributed by atoms with Gasteiger partial charge in [-0.3, -0.25) is 0 Å². The van der Waals surface area contributed by atoms with E-state index in [0.717, 1.165) is 30.6 Å². The first-order valence-corrected chi connectivity index (χ1v) is 9.05. The van der Waals surface area contributed by atoms with Crippen LogP contribution < -0.4 is 10.1 Å². The Labute approximate surface area is 142 Å². The number of rotatable bonds is 4. The Morgan fingerprint density at radius 3 is 2.61 bits per heavy atom. The fraction of sp³-hybridized carbons (Fsp3) is 0.667. The van der Waals surface area contributed by atoms with Gasteiger partial charge >= 0.3 is 0 Å². The SMILES string of the molecule is CC1OC(Cc2ccc(OC3C[C@H]4CCC[C@@H](C3)N4)c(Cl)c2)O1. The third kappa shape index (κ3) is 3.66. The van der Waals surface area contributed by atoms with Crippen LogP contribution >= 0.6 is 11.6 Å². The highest BCUT2D eigenvalue weighted by molar-refractivity contribution is 6.32. The van der Waals surface area contributed by atoms with Gasteiger partial charge in [0.1, 0.15) is 11.9 Å². The Hall–Kier alpha value is -0.810. The maximum atomic E-state index is 6.42. The van der Waals surface area contributed by atoms with Crippen molar-refractivity contribution in [3.63, 3.8) is 0 Å². The molecule has 4 nitrogen and oxygen atoms in total. The highest BCUT2D eigenvalue weighted by Crippen LogP contribution is 2.33. The Morgan fingerprint density at radius 2 is 1.96 bits per heavy atom. The van der Waals surface area contributed by atoms with Crippen LogP contribution in [0, 0.1) is 0 Å². The minimum atomic E-state index is -0.142. The molecule has 0 aliphatic carbocycles. The molecule has 1 unspecified atom stereocenters. The molecule has 1 aromatic rings. The molecule has 5 heteroatoms. The molecule has 0 radical (unpaired) electrons. The molecule has 0 saturated carbocycles. The molecular formula is C18H24ClNO3. The van der Waals surface area contributed by atoms with Crippen molar-refractivity contribution >= 4 is 11.6 Å². The van der Waals surface area contributed by atoms with Crippen molar-refractivity contribution in [3.8, 4) is 5.75 Å². The number of benzene rings is 1. The van der Waals surface area contributed by atoms with E-state index in [1.807, 2.05) is 19.1 Å². The summed E-state index contributed by atoms with van der Waals surface area (Å²) in [5.41, 5.74) is 1.11. The highest BCUT2D eigenvalue weighted by atomic mass is 35.5. The molecule has 1 N–H and O–H groups in total. The summed E-state index contributed by atoms with van der Waals surface area (Å²) >= 11 is 6.42. The minimum Gasteiger partial charge on any atom is -0.489 e. The largest absolute Gasteiger partial charge is 0.489 e. The predicted molar refractivity (Wildman–Crippen MR) is 88.8 cm³/mol. The quantitative estimate of drug-likeness (QED) is 0.910. The molecule has 4 rings (SSSR count). The van der Waals surface area contributed by atoms with Crippen molar-refractivity contribution < 1.29 is 14.2 Å². The zero-order valence-electron chi connectivity index (χ0n) is 13.5. The van der Waals surface area contributed by atoms with Crippen molar-refractivity contribution in [2.75, 3.05) is 0 Å². The molecule has 3 heterocycles. The molecule has 23 heavy (non-hydrogen) atoms. The number of ether oxygens (including phenoxy) is 3. The summed E-state index contributed by atoms with van der Waals surface area (Å²) < 4.78 is 17.2. The maximum Gasteiger partial charge on any atom is 0.167 e. The number of nitrogens with one attached hydrogen (secondary N) is 1. The lowest BCUT2D eigenvalue weighted by molar-refractivity contribution is -0.374. The Bertz CT molecular complexity index is 549. The van der Waals surface area contributed by atoms with Crippen LogP contribution in [0.5, 0.6) is 5.75 Å². The molecule has 1 aromatic carbocycles. The summed E-state index contributed by atoms with van der Waals surface area (Å²) in [6.45, 7) is 1.90. The van der Waals surface area contributed by atoms with Gasteiger partial charge < -0.3 is 19.5 Å². The second-order valence-electron chi connectivity index (χ2n) is 6.94. The second kappa shape index (κ2) is 6.60. The van der Waals surface area contributed by atoms with Gasteiger partial charge in [-0.05, 0) is 50.3 Å². The zero-order chi connectivity index (χ0) is 15.8. The highest BCUT2D eigenvalue weighted by Gasteiger charge is 2.32. The molecule has 0 spiro atoms. The Kier molecular flexibility index (Phi) is 4.50. The molecule has 3 fully saturated rings. The molecule has 0 aromatic heterocycles. The van der Waals surface area contributed by atoms with Gasteiger partial charge in [0.05, 0.1) is 5.02 Å². The van der Waals surface area contributed by atoms with E-state index >= 15 is 0 Å². The van der Waals surface area contributed by atoms with Gasteiger partial charge in [-0.1, -0.05) is 24.1 Å². The fourth-order valence-corrected chi connectivity index (χ4v) is 4.23. The van der Waals surface area contributed by atoms with Gasteiger partial charge in [0.2, 0.25) is 0 Å². The zero-order valence-corrected chi connectivity index (χ0v) is 14.2. The van der Waals surface area contributed by atoms with Gasteiger partial charge in [-0.2, -0.15) is 0 Å². The van der Waals surface area contributed by atoms with Crippen LogP contribution in [-0.4, -0.2) is 30.8 Å². The topological polar surface area (TPSA) is 39.7 Å². The average Bonchev–Trinajstić information content (AvgIpc) is 2.48. The molecule has 126 valence electrons. The summed E-state index contributed by atoms with van der Waals surface area (Å²) in [4.78, 5) is 0. The van der Waals surface area contributed by atoms with Crippen molar-refractivity contribution in [2.24, 2.45) is 0 Å². The smallest absolute Gasteiger partial charge is 0.167 e. The van der Waals surface area contributed by atoms with Crippen LogP contribution in [0.1, 0.15) is 44.6 Å². The standard InChI is InChI=1S/C18H24ClNO3/c1-11-21-18(22-11)8-12-5-6-17(16(19)7-12)23-15-9-13-3-2-4-14(10-15)20-13/h5-7,11,13-15,18,20H,2-4,8-10H2,1H3/t11?,13-,14+,15?,18?. The first-order valence-electron chi connectivity index (χ1n) is 8.68. The van der Waals surface area contributed by atoms with E-state index in [2.05, 4.69) is 11.4 Å². The molecule has 2 bridgehead atoms. The number of hydrogen-bond donors (Lipinski definition) is 1. The minimum absolute atomic E-state index is 0.0857. The summed E-state index contributed by atoms with van der Waals surface area (Å²) in [6.07, 6.45) is 6.80. The number of halogens is 1. The average molecular weight is 338 g/mol. The lowest BCUT2D eigenvalue weighted by Crippen LogP contribution is -2.51. The van der Waals surface area contributed by atoms with E-state index in [9.17, 15) is 0 Å². The van der Waals surface area contributed by atoms with E-state index < -0.39 is 0 Å². The van der Waals surface area contributed by atoms with Gasteiger partial charge in [0.15, 0.2) is 12.6 Å². The van der Waals surface area contributed by atoms with Gasteiger partial charge in [-0.15, -0.1) is 0 Å². The first-order chi connectivity index (χ1) is 11.2. The Balaban J connectivity index is 1.37. The van der Waals surface area contributed by atoms with Crippen molar-refractivity contribution in [3.05, 3.63) is 28.8 Å². The van der Waals surface area contributed by atoms with Gasteiger partial charge in [0.25, 0.3) is 0 Å². The summed E-state index contributed by atoms with van der Waals surface area (Å²) in [5.74, 6) is 0.796. The molecule has 3 aliphatic heterocycles. The summed E-state index contributed by atoms with van der Waals surface area (Å²) in [6, 6.07) is 7.23. The van der Waals surface area contributed by atoms with Crippen LogP contribution in [0.4, 0.5) is 0 Å². The van der Waals surface area contributed by atoms with Crippen molar-refractivity contribution in [1.29, 1.82) is 0 Å². The number of fused-ring (bicyclic) bond motifs is 2. The van der Waals surface area contributed by atoms with E-state index in [-0.39, 0.29) is 18.7 Å². The van der Waals surface area contributed by atoms with Crippen LogP contribution in [0.15, 0.2) is 18.2 Å². The monoisotopic (exact) mass is 337 g/mol. The summed E-state index contributed by atoms with van der Waals surface area (Å²) in [7, 11) is 0. The molecule has 0 amide bonds. The van der Waals surface area contributed by atoms with E-state index in [4.69, 9.17) is 25.8 Å². The first kappa shape index (κ1) is 15.7. The van der Waals surface area contributed by atoms with E-state index in [0.29, 0.717) is 17.1 Å². The van der Waals surface area contributed by atoms with Crippen molar-refractivity contribution in [1.82, 2.24) is 5.32 Å². The normalized spacial score (nSPS) is 36.3. The lowest BCUT2D eigenvalue weighted by Gasteiger charge is -2.40. The van der Waals surface area contributed by atoms with Crippen molar-refractivity contribution in [2.45, 2.75) is 76.2 Å². The van der Waals surface area contributed by atoms with Crippen LogP contribution in [-0.2, 0) is 15.9 Å². The van der Waals surface area contributed by atoms with Gasteiger partial charge in [0, 0.05) is 18.5 Å².